The van der Waals surface area contributed by atoms with E-state index in [9.17, 15) is 4.79 Å². The summed E-state index contributed by atoms with van der Waals surface area (Å²) in [6, 6.07) is 5.71. The van der Waals surface area contributed by atoms with Crippen molar-refractivity contribution >= 4 is 11.8 Å². The van der Waals surface area contributed by atoms with Crippen LogP contribution in [-0.4, -0.2) is 29.4 Å². The molecule has 0 saturated carbocycles. The molecule has 2 rings (SSSR count). The van der Waals surface area contributed by atoms with Gasteiger partial charge in [0.05, 0.1) is 13.2 Å². The van der Waals surface area contributed by atoms with Gasteiger partial charge in [-0.2, -0.15) is 0 Å². The quantitative estimate of drug-likeness (QED) is 0.622. The number of nitrogens with one attached hydrogen (secondary N) is 1. The van der Waals surface area contributed by atoms with Crippen LogP contribution in [0.5, 0.6) is 11.5 Å². The maximum atomic E-state index is 12.3. The van der Waals surface area contributed by atoms with Crippen LogP contribution in [0.3, 0.4) is 0 Å². The van der Waals surface area contributed by atoms with Crippen LogP contribution in [0.15, 0.2) is 28.2 Å². The van der Waals surface area contributed by atoms with Crippen molar-refractivity contribution in [3.05, 3.63) is 45.4 Å². The van der Waals surface area contributed by atoms with Crippen LogP contribution in [-0.2, 0) is 6.42 Å². The van der Waals surface area contributed by atoms with Gasteiger partial charge in [-0.3, -0.25) is 4.79 Å². The molecule has 0 aliphatic carbocycles. The van der Waals surface area contributed by atoms with Gasteiger partial charge in [0.1, 0.15) is 11.5 Å². The fourth-order valence-electron chi connectivity index (χ4n) is 2.31. The predicted octanol–water partition coefficient (Wildman–Crippen LogP) is 3.19. The molecule has 124 valence electrons. The van der Waals surface area contributed by atoms with Crippen LogP contribution in [0.1, 0.15) is 30.7 Å². The van der Waals surface area contributed by atoms with Gasteiger partial charge in [0.15, 0.2) is 5.16 Å². The van der Waals surface area contributed by atoms with Gasteiger partial charge in [0, 0.05) is 23.7 Å². The highest BCUT2D eigenvalue weighted by atomic mass is 32.2. The molecule has 0 atom stereocenters. The molecule has 0 aliphatic heterocycles. The Labute approximate surface area is 140 Å². The number of aromatic amines is 1. The molecule has 0 amide bonds. The third kappa shape index (κ3) is 4.28. The molecule has 5 nitrogen and oxygen atoms in total. The van der Waals surface area contributed by atoms with Crippen molar-refractivity contribution in [2.75, 3.05) is 19.5 Å². The molecule has 0 unspecified atom stereocenters. The van der Waals surface area contributed by atoms with E-state index >= 15 is 0 Å². The second-order valence-corrected chi connectivity index (χ2v) is 5.75. The summed E-state index contributed by atoms with van der Waals surface area (Å²) in [6.07, 6.45) is 2.36. The van der Waals surface area contributed by atoms with Crippen molar-refractivity contribution in [2.45, 2.75) is 32.3 Å². The fraction of sp³-hybridized carbons (Fsp3) is 0.412. The fourth-order valence-corrected chi connectivity index (χ4v) is 2.73. The van der Waals surface area contributed by atoms with Gasteiger partial charge >= 0.3 is 0 Å². The first-order valence-electron chi connectivity index (χ1n) is 7.61. The van der Waals surface area contributed by atoms with Gasteiger partial charge in [-0.25, -0.2) is 4.98 Å². The lowest BCUT2D eigenvalue weighted by atomic mass is 10.0. The Morgan fingerprint density at radius 1 is 1.22 bits per heavy atom. The van der Waals surface area contributed by atoms with E-state index in [-0.39, 0.29) is 5.56 Å². The second kappa shape index (κ2) is 8.06. The third-order valence-corrected chi connectivity index (χ3v) is 3.99. The van der Waals surface area contributed by atoms with Crippen LogP contribution >= 0.6 is 11.8 Å². The molecule has 0 fully saturated rings. The van der Waals surface area contributed by atoms with E-state index in [0.29, 0.717) is 30.4 Å². The third-order valence-electron chi connectivity index (χ3n) is 3.41. The summed E-state index contributed by atoms with van der Waals surface area (Å²) in [4.78, 5) is 19.5. The highest BCUT2D eigenvalue weighted by Crippen LogP contribution is 2.27. The van der Waals surface area contributed by atoms with Crippen LogP contribution in [0, 0.1) is 6.92 Å². The van der Waals surface area contributed by atoms with Crippen LogP contribution < -0.4 is 15.0 Å². The zero-order chi connectivity index (χ0) is 16.8. The van der Waals surface area contributed by atoms with Gasteiger partial charge < -0.3 is 14.5 Å². The number of hydrogen-bond donors (Lipinski definition) is 1. The van der Waals surface area contributed by atoms with Crippen molar-refractivity contribution in [3.63, 3.8) is 0 Å². The van der Waals surface area contributed by atoms with Crippen molar-refractivity contribution in [1.82, 2.24) is 9.97 Å². The molecule has 1 N–H and O–H groups in total. The topological polar surface area (TPSA) is 64.2 Å². The molecule has 6 heteroatoms. The lowest BCUT2D eigenvalue weighted by Crippen LogP contribution is -2.18. The normalized spacial score (nSPS) is 10.6. The van der Waals surface area contributed by atoms with E-state index < -0.39 is 0 Å². The maximum absolute atomic E-state index is 12.3. The number of H-pyrrole nitrogens is 1. The van der Waals surface area contributed by atoms with Crippen molar-refractivity contribution in [3.8, 4) is 11.5 Å². The zero-order valence-electron chi connectivity index (χ0n) is 13.9. The molecule has 1 aromatic carbocycles. The van der Waals surface area contributed by atoms with Gasteiger partial charge in [-0.15, -0.1) is 0 Å². The summed E-state index contributed by atoms with van der Waals surface area (Å²) < 4.78 is 11.2. The van der Waals surface area contributed by atoms with Crippen LogP contribution in [0.2, 0.25) is 0 Å². The molecular formula is C17H22N2O3S. The van der Waals surface area contributed by atoms with Crippen LogP contribution in [0.4, 0.5) is 0 Å². The molecule has 0 spiro atoms. The van der Waals surface area contributed by atoms with E-state index in [2.05, 4.69) is 9.97 Å². The van der Waals surface area contributed by atoms with Gasteiger partial charge in [-0.05, 0) is 38.7 Å². The number of hydrogen-bond acceptors (Lipinski definition) is 5. The minimum absolute atomic E-state index is 0.0989. The average molecular weight is 334 g/mol. The molecule has 0 bridgehead atoms. The van der Waals surface area contributed by atoms with E-state index in [1.165, 1.54) is 11.8 Å². The Hall–Kier alpha value is -1.95. The lowest BCUT2D eigenvalue weighted by molar-refractivity contribution is 0.321. The lowest BCUT2D eigenvalue weighted by Gasteiger charge is -2.13. The minimum atomic E-state index is -0.0989. The Kier molecular flexibility index (Phi) is 6.10. The van der Waals surface area contributed by atoms with Gasteiger partial charge in [0.25, 0.3) is 5.56 Å². The van der Waals surface area contributed by atoms with E-state index in [1.54, 1.807) is 0 Å². The molecule has 0 aliphatic rings. The Bertz CT molecular complexity index is 728. The minimum Gasteiger partial charge on any atom is -0.494 e. The van der Waals surface area contributed by atoms with Crippen molar-refractivity contribution in [1.29, 1.82) is 0 Å². The molecule has 23 heavy (non-hydrogen) atoms. The van der Waals surface area contributed by atoms with Crippen LogP contribution in [0.25, 0.3) is 0 Å². The molecule has 1 heterocycles. The molecule has 1 aromatic heterocycles. The SMILES string of the molecule is CCOc1ccc(Cc2c(C)nc(SC)[nH]c2=O)c(OCC)c1. The van der Waals surface area contributed by atoms with Gasteiger partial charge in [-0.1, -0.05) is 17.8 Å². The first kappa shape index (κ1) is 17.4. The Morgan fingerprint density at radius 3 is 2.57 bits per heavy atom. The van der Waals surface area contributed by atoms with E-state index in [1.807, 2.05) is 45.2 Å². The highest BCUT2D eigenvalue weighted by Gasteiger charge is 2.13. The molecule has 0 radical (unpaired) electrons. The first-order chi connectivity index (χ1) is 11.1. The molecular weight excluding hydrogens is 312 g/mol. The van der Waals surface area contributed by atoms with Gasteiger partial charge in [0.2, 0.25) is 0 Å². The summed E-state index contributed by atoms with van der Waals surface area (Å²) >= 11 is 1.42. The number of aryl methyl sites for hydroxylation is 1. The Balaban J connectivity index is 2.38. The van der Waals surface area contributed by atoms with Crippen molar-refractivity contribution in [2.24, 2.45) is 0 Å². The second-order valence-electron chi connectivity index (χ2n) is 4.95. The first-order valence-corrected chi connectivity index (χ1v) is 8.83. The average Bonchev–Trinajstić information content (AvgIpc) is 2.53. The van der Waals surface area contributed by atoms with E-state index in [0.717, 1.165) is 22.8 Å². The standard InChI is InChI=1S/C17H22N2O3S/c1-5-21-13-8-7-12(15(10-13)22-6-2)9-14-11(3)18-17(23-4)19-16(14)20/h7-8,10H,5-6,9H2,1-4H3,(H,18,19,20). The van der Waals surface area contributed by atoms with E-state index in [4.69, 9.17) is 9.47 Å². The summed E-state index contributed by atoms with van der Waals surface area (Å²) in [5, 5.41) is 0.632. The number of nitrogens with zero attached hydrogens (tertiary/aromatic N) is 1. The smallest absolute Gasteiger partial charge is 0.255 e. The summed E-state index contributed by atoms with van der Waals surface area (Å²) in [5.41, 5.74) is 2.25. The van der Waals surface area contributed by atoms with Crippen molar-refractivity contribution < 1.29 is 9.47 Å². The largest absolute Gasteiger partial charge is 0.494 e. The summed E-state index contributed by atoms with van der Waals surface area (Å²) in [5.74, 6) is 1.51. The number of aromatic nitrogens is 2. The summed E-state index contributed by atoms with van der Waals surface area (Å²) in [7, 11) is 0. The highest BCUT2D eigenvalue weighted by molar-refractivity contribution is 7.98. The number of thioether (sulfide) groups is 1. The molecule has 2 aromatic rings. The predicted molar refractivity (Wildman–Crippen MR) is 93.0 cm³/mol. The molecule has 0 saturated heterocycles. The maximum Gasteiger partial charge on any atom is 0.255 e. The number of benzene rings is 1. The summed E-state index contributed by atoms with van der Waals surface area (Å²) in [6.45, 7) is 6.89. The zero-order valence-corrected chi connectivity index (χ0v) is 14.8. The monoisotopic (exact) mass is 334 g/mol. The number of rotatable bonds is 7. The Morgan fingerprint density at radius 2 is 1.96 bits per heavy atom. The number of ether oxygens (including phenoxy) is 2.